The SMILES string of the molecule is CB(O)N1CCC(CC(=O)N2CCN(C(c3ccc(Cl)cc3)c3ccc(Cl)cc3)C[C@@H]2c2ccccc2)CC1. The van der Waals surface area contributed by atoms with Gasteiger partial charge in [0.05, 0.1) is 12.1 Å². The number of amides is 1. The number of hydrogen-bond donors (Lipinski definition) is 1. The van der Waals surface area contributed by atoms with E-state index >= 15 is 0 Å². The third kappa shape index (κ3) is 6.87. The van der Waals surface area contributed by atoms with E-state index in [-0.39, 0.29) is 18.0 Å². The van der Waals surface area contributed by atoms with Crippen LogP contribution in [0.5, 0.6) is 0 Å². The van der Waals surface area contributed by atoms with Crippen LogP contribution in [0.2, 0.25) is 16.9 Å². The van der Waals surface area contributed by atoms with Crippen molar-refractivity contribution >= 4 is 36.2 Å². The van der Waals surface area contributed by atoms with Gasteiger partial charge >= 0.3 is 7.05 Å². The van der Waals surface area contributed by atoms with Crippen molar-refractivity contribution in [2.75, 3.05) is 32.7 Å². The summed E-state index contributed by atoms with van der Waals surface area (Å²) < 4.78 is 0. The van der Waals surface area contributed by atoms with Gasteiger partial charge in [-0.1, -0.05) is 77.8 Å². The Labute approximate surface area is 242 Å². The Bertz CT molecular complexity index is 1170. The van der Waals surface area contributed by atoms with Crippen molar-refractivity contribution in [3.05, 3.63) is 106 Å². The highest BCUT2D eigenvalue weighted by atomic mass is 35.5. The molecule has 2 saturated heterocycles. The normalized spacial score (nSPS) is 19.4. The standard InChI is InChI=1S/C31H36BCl2N3O2/c1-32(39)36-17-15-23(16-18-36)21-30(38)37-20-19-35(22-29(37)24-5-3-2-4-6-24)31(25-7-11-27(33)12-8-25)26-9-13-28(34)14-10-26/h2-14,23,29,31,39H,15-22H2,1H3/t29-/m1/s1. The number of halogens is 2. The van der Waals surface area contributed by atoms with Crippen LogP contribution in [0.1, 0.15) is 48.0 Å². The molecule has 5 rings (SSSR count). The maximum atomic E-state index is 13.8. The van der Waals surface area contributed by atoms with E-state index in [0.29, 0.717) is 28.9 Å². The van der Waals surface area contributed by atoms with E-state index in [9.17, 15) is 9.82 Å². The molecule has 3 aromatic rings. The van der Waals surface area contributed by atoms with Gasteiger partial charge in [-0.3, -0.25) is 9.69 Å². The summed E-state index contributed by atoms with van der Waals surface area (Å²) in [6.07, 6.45) is 2.46. The first kappa shape index (κ1) is 28.2. The molecule has 0 saturated carbocycles. The van der Waals surface area contributed by atoms with Gasteiger partial charge in [-0.15, -0.1) is 0 Å². The zero-order valence-corrected chi connectivity index (χ0v) is 23.9. The molecule has 0 aliphatic carbocycles. The van der Waals surface area contributed by atoms with Crippen molar-refractivity contribution in [1.82, 2.24) is 14.6 Å². The fraction of sp³-hybridized carbons (Fsp3) is 0.387. The van der Waals surface area contributed by atoms with Gasteiger partial charge < -0.3 is 14.7 Å². The summed E-state index contributed by atoms with van der Waals surface area (Å²) in [5.41, 5.74) is 3.49. The number of carbonyl (C=O) groups is 1. The number of carbonyl (C=O) groups excluding carboxylic acids is 1. The topological polar surface area (TPSA) is 47.0 Å². The molecule has 0 radical (unpaired) electrons. The van der Waals surface area contributed by atoms with Gasteiger partial charge in [0.1, 0.15) is 0 Å². The molecule has 0 bridgehead atoms. The molecule has 5 nitrogen and oxygen atoms in total. The lowest BCUT2D eigenvalue weighted by atomic mass is 9.80. The Morgan fingerprint density at radius 1 is 0.872 bits per heavy atom. The summed E-state index contributed by atoms with van der Waals surface area (Å²) in [7, 11) is -0.425. The average molecular weight is 564 g/mol. The second-order valence-electron chi connectivity index (χ2n) is 10.8. The molecule has 1 atom stereocenters. The lowest BCUT2D eigenvalue weighted by molar-refractivity contribution is -0.138. The first-order valence-electron chi connectivity index (χ1n) is 13.9. The molecular formula is C31H36BCl2N3O2. The summed E-state index contributed by atoms with van der Waals surface area (Å²) in [4.78, 5) is 20.4. The van der Waals surface area contributed by atoms with E-state index in [1.165, 1.54) is 0 Å². The van der Waals surface area contributed by atoms with Crippen molar-refractivity contribution in [2.24, 2.45) is 5.92 Å². The van der Waals surface area contributed by atoms with Crippen LogP contribution in [0.15, 0.2) is 78.9 Å². The Hall–Kier alpha value is -2.35. The fourth-order valence-corrected chi connectivity index (χ4v) is 6.35. The molecule has 0 aromatic heterocycles. The van der Waals surface area contributed by atoms with Gasteiger partial charge in [0.2, 0.25) is 5.91 Å². The molecule has 3 aromatic carbocycles. The molecule has 1 N–H and O–H groups in total. The lowest BCUT2D eigenvalue weighted by Gasteiger charge is -2.45. The van der Waals surface area contributed by atoms with E-state index < -0.39 is 7.05 Å². The number of rotatable bonds is 7. The van der Waals surface area contributed by atoms with Crippen molar-refractivity contribution in [2.45, 2.75) is 38.2 Å². The molecule has 1 amide bonds. The molecule has 2 heterocycles. The highest BCUT2D eigenvalue weighted by Crippen LogP contribution is 2.36. The van der Waals surface area contributed by atoms with Crippen molar-refractivity contribution in [3.63, 3.8) is 0 Å². The molecule has 2 aliphatic heterocycles. The van der Waals surface area contributed by atoms with Crippen LogP contribution >= 0.6 is 23.2 Å². The quantitative estimate of drug-likeness (QED) is 0.349. The van der Waals surface area contributed by atoms with Crippen molar-refractivity contribution in [1.29, 1.82) is 0 Å². The third-order valence-electron chi connectivity index (χ3n) is 8.29. The van der Waals surface area contributed by atoms with Gasteiger partial charge in [0.15, 0.2) is 0 Å². The predicted molar refractivity (Wildman–Crippen MR) is 160 cm³/mol. The number of piperazine rings is 1. The Kier molecular flexibility index (Phi) is 9.31. The largest absolute Gasteiger partial charge is 0.437 e. The smallest absolute Gasteiger partial charge is 0.376 e. The second-order valence-corrected chi connectivity index (χ2v) is 11.7. The van der Waals surface area contributed by atoms with Gasteiger partial charge in [0, 0.05) is 36.1 Å². The van der Waals surface area contributed by atoms with E-state index in [2.05, 4.69) is 63.1 Å². The van der Waals surface area contributed by atoms with Crippen LogP contribution in [0.3, 0.4) is 0 Å². The van der Waals surface area contributed by atoms with Gasteiger partial charge in [-0.05, 0) is 79.6 Å². The maximum Gasteiger partial charge on any atom is 0.376 e. The van der Waals surface area contributed by atoms with Crippen LogP contribution in [0, 0.1) is 5.92 Å². The van der Waals surface area contributed by atoms with Crippen molar-refractivity contribution in [3.8, 4) is 0 Å². The van der Waals surface area contributed by atoms with Gasteiger partial charge in [-0.2, -0.15) is 0 Å². The average Bonchev–Trinajstić information content (AvgIpc) is 2.96. The van der Waals surface area contributed by atoms with Gasteiger partial charge in [-0.25, -0.2) is 0 Å². The molecule has 2 aliphatic rings. The Balaban J connectivity index is 1.39. The predicted octanol–water partition coefficient (Wildman–Crippen LogP) is 6.18. The number of piperidine rings is 1. The Morgan fingerprint density at radius 3 is 1.97 bits per heavy atom. The monoisotopic (exact) mass is 563 g/mol. The van der Waals surface area contributed by atoms with Crippen LogP contribution < -0.4 is 0 Å². The van der Waals surface area contributed by atoms with Crippen molar-refractivity contribution < 1.29 is 9.82 Å². The first-order valence-corrected chi connectivity index (χ1v) is 14.7. The zero-order chi connectivity index (χ0) is 27.4. The molecule has 2 fully saturated rings. The molecular weight excluding hydrogens is 528 g/mol. The van der Waals surface area contributed by atoms with Crippen LogP contribution in [-0.2, 0) is 4.79 Å². The summed E-state index contributed by atoms with van der Waals surface area (Å²) in [5, 5.41) is 11.3. The zero-order valence-electron chi connectivity index (χ0n) is 22.4. The van der Waals surface area contributed by atoms with Crippen LogP contribution in [-0.4, -0.2) is 65.3 Å². The fourth-order valence-electron chi connectivity index (χ4n) is 6.10. The minimum Gasteiger partial charge on any atom is -0.437 e. The third-order valence-corrected chi connectivity index (χ3v) is 8.80. The summed E-state index contributed by atoms with van der Waals surface area (Å²) in [5.74, 6) is 0.589. The first-order chi connectivity index (χ1) is 18.9. The summed E-state index contributed by atoms with van der Waals surface area (Å²) in [6.45, 7) is 5.67. The lowest BCUT2D eigenvalue weighted by Crippen LogP contribution is -2.52. The van der Waals surface area contributed by atoms with E-state index in [0.717, 1.165) is 55.7 Å². The molecule has 0 unspecified atom stereocenters. The van der Waals surface area contributed by atoms with E-state index in [1.54, 1.807) is 0 Å². The maximum absolute atomic E-state index is 13.8. The van der Waals surface area contributed by atoms with Crippen LogP contribution in [0.4, 0.5) is 0 Å². The second kappa shape index (κ2) is 12.9. The highest BCUT2D eigenvalue weighted by molar-refractivity contribution is 6.45. The molecule has 0 spiro atoms. The number of hydrogen-bond acceptors (Lipinski definition) is 4. The molecule has 204 valence electrons. The molecule has 39 heavy (non-hydrogen) atoms. The van der Waals surface area contributed by atoms with E-state index in [4.69, 9.17) is 23.2 Å². The highest BCUT2D eigenvalue weighted by Gasteiger charge is 2.36. The minimum atomic E-state index is -0.425. The van der Waals surface area contributed by atoms with E-state index in [1.807, 2.05) is 37.2 Å². The Morgan fingerprint density at radius 2 is 1.44 bits per heavy atom. The number of benzene rings is 3. The minimum absolute atomic E-state index is 0.0211. The molecule has 8 heteroatoms. The summed E-state index contributed by atoms with van der Waals surface area (Å²) in [6, 6.07) is 26.5. The number of nitrogens with zero attached hydrogens (tertiary/aromatic N) is 3. The van der Waals surface area contributed by atoms with Gasteiger partial charge in [0.25, 0.3) is 0 Å². The van der Waals surface area contributed by atoms with Crippen LogP contribution in [0.25, 0.3) is 0 Å². The summed E-state index contributed by atoms with van der Waals surface area (Å²) >= 11 is 12.5.